The smallest absolute Gasteiger partial charge is 0.410 e. The van der Waals surface area contributed by atoms with Gasteiger partial charge in [-0.25, -0.2) is 13.6 Å². The number of alkyl halides is 2. The van der Waals surface area contributed by atoms with E-state index in [0.29, 0.717) is 19.5 Å². The molecule has 37 heavy (non-hydrogen) atoms. The normalized spacial score (nSPS) is 24.9. The fourth-order valence-electron chi connectivity index (χ4n) is 5.15. The molecule has 2 aliphatic heterocycles. The minimum atomic E-state index is -2.79. The minimum Gasteiger partial charge on any atom is -0.490 e. The predicted octanol–water partition coefficient (Wildman–Crippen LogP) is 3.75. The molecule has 206 valence electrons. The van der Waals surface area contributed by atoms with Crippen molar-refractivity contribution in [1.29, 1.82) is 0 Å². The summed E-state index contributed by atoms with van der Waals surface area (Å²) in [6.45, 7) is 3.94. The van der Waals surface area contributed by atoms with Crippen molar-refractivity contribution in [3.05, 3.63) is 29.8 Å². The molecule has 1 atom stereocenters. The molecule has 0 radical (unpaired) electrons. The van der Waals surface area contributed by atoms with Crippen molar-refractivity contribution >= 4 is 12.0 Å². The Kier molecular flexibility index (Phi) is 8.90. The van der Waals surface area contributed by atoms with Gasteiger partial charge < -0.3 is 29.7 Å². The third-order valence-corrected chi connectivity index (χ3v) is 7.20. The predicted molar refractivity (Wildman–Crippen MR) is 134 cm³/mol. The summed E-state index contributed by atoms with van der Waals surface area (Å²) in [5.41, 5.74) is 6.81. The van der Waals surface area contributed by atoms with Gasteiger partial charge in [-0.3, -0.25) is 4.79 Å². The number of likely N-dealkylation sites (tertiary alicyclic amines) is 2. The number of hydrogen-bond acceptors (Lipinski definition) is 6. The number of rotatable bonds is 8. The third kappa shape index (κ3) is 7.77. The van der Waals surface area contributed by atoms with Crippen LogP contribution in [0.1, 0.15) is 57.9 Å². The first-order valence-electron chi connectivity index (χ1n) is 13.4. The molecule has 2 saturated heterocycles. The van der Waals surface area contributed by atoms with E-state index in [-0.39, 0.29) is 30.5 Å². The van der Waals surface area contributed by atoms with E-state index in [1.54, 1.807) is 4.90 Å². The molecule has 3 aliphatic rings. The van der Waals surface area contributed by atoms with Crippen molar-refractivity contribution in [2.45, 2.75) is 95.2 Å². The Morgan fingerprint density at radius 3 is 2.08 bits per heavy atom. The molecular weight excluding hydrogens is 484 g/mol. The van der Waals surface area contributed by atoms with Crippen LogP contribution in [0.4, 0.5) is 13.6 Å². The van der Waals surface area contributed by atoms with Gasteiger partial charge in [0, 0.05) is 13.1 Å². The Bertz CT molecular complexity index is 905. The van der Waals surface area contributed by atoms with Crippen LogP contribution < -0.4 is 10.5 Å². The fourth-order valence-corrected chi connectivity index (χ4v) is 5.15. The fraction of sp³-hybridized carbons (Fsp3) is 0.704. The molecule has 1 aromatic carbocycles. The maximum absolute atomic E-state index is 13.0. The van der Waals surface area contributed by atoms with Crippen LogP contribution in [0.3, 0.4) is 0 Å². The highest BCUT2D eigenvalue weighted by atomic mass is 19.3. The van der Waals surface area contributed by atoms with Crippen LogP contribution in [0.5, 0.6) is 5.75 Å². The molecule has 2 heterocycles. The lowest BCUT2D eigenvalue weighted by molar-refractivity contribution is -0.166. The second kappa shape index (κ2) is 11.9. The first-order valence-corrected chi connectivity index (χ1v) is 13.4. The summed E-state index contributed by atoms with van der Waals surface area (Å²) in [5.74, 6) is -2.47. The molecule has 10 heteroatoms. The lowest BCUT2D eigenvalue weighted by Gasteiger charge is -2.39. The maximum Gasteiger partial charge on any atom is 0.410 e. The van der Waals surface area contributed by atoms with Gasteiger partial charge in [-0.15, -0.1) is 0 Å². The molecule has 2 N–H and O–H groups in total. The Morgan fingerprint density at radius 2 is 1.51 bits per heavy atom. The van der Waals surface area contributed by atoms with Crippen LogP contribution in [0.2, 0.25) is 0 Å². The van der Waals surface area contributed by atoms with Gasteiger partial charge >= 0.3 is 6.09 Å². The van der Waals surface area contributed by atoms with E-state index in [1.807, 2.05) is 38.1 Å². The summed E-state index contributed by atoms with van der Waals surface area (Å²) < 4.78 is 43.8. The number of carbonyl (C=O) groups is 2. The van der Waals surface area contributed by atoms with Crippen molar-refractivity contribution in [2.75, 3.05) is 26.2 Å². The zero-order valence-corrected chi connectivity index (χ0v) is 21.7. The Balaban J connectivity index is 1.13. The average molecular weight is 524 g/mol. The van der Waals surface area contributed by atoms with Crippen LogP contribution in [0.15, 0.2) is 24.3 Å². The Hall–Kier alpha value is -2.46. The van der Waals surface area contributed by atoms with E-state index in [0.717, 1.165) is 54.7 Å². The van der Waals surface area contributed by atoms with Crippen LogP contribution >= 0.6 is 0 Å². The summed E-state index contributed by atoms with van der Waals surface area (Å²) in [4.78, 5) is 27.1. The molecule has 3 fully saturated rings. The molecule has 4 rings (SSSR count). The number of carbonyl (C=O) groups excluding carboxylic acids is 2. The average Bonchev–Trinajstić information content (AvgIpc) is 2.84. The maximum atomic E-state index is 13.0. The highest BCUT2D eigenvalue weighted by Crippen LogP contribution is 2.29. The van der Waals surface area contributed by atoms with Crippen molar-refractivity contribution in [3.8, 4) is 5.75 Å². The molecule has 2 amide bonds. The zero-order chi connectivity index (χ0) is 26.6. The summed E-state index contributed by atoms with van der Waals surface area (Å²) >= 11 is 0. The van der Waals surface area contributed by atoms with Gasteiger partial charge in [-0.2, -0.15) is 0 Å². The van der Waals surface area contributed by atoms with Gasteiger partial charge in [0.05, 0.1) is 43.5 Å². The molecular formula is C27H39F2N3O5. The van der Waals surface area contributed by atoms with Crippen molar-refractivity contribution in [1.82, 2.24) is 9.80 Å². The largest absolute Gasteiger partial charge is 0.490 e. The first-order chi connectivity index (χ1) is 17.6. The topological polar surface area (TPSA) is 94.3 Å². The summed E-state index contributed by atoms with van der Waals surface area (Å²) in [5, 5.41) is 0. The van der Waals surface area contributed by atoms with E-state index in [1.165, 1.54) is 0 Å². The van der Waals surface area contributed by atoms with E-state index in [4.69, 9.17) is 19.9 Å². The lowest BCUT2D eigenvalue weighted by atomic mass is 9.94. The van der Waals surface area contributed by atoms with Crippen molar-refractivity contribution in [2.24, 2.45) is 5.73 Å². The molecule has 1 aromatic rings. The Labute approximate surface area is 217 Å². The van der Waals surface area contributed by atoms with E-state index < -0.39 is 31.0 Å². The van der Waals surface area contributed by atoms with Crippen LogP contribution in [-0.4, -0.2) is 84.4 Å². The molecule has 0 unspecified atom stereocenters. The number of benzene rings is 1. The van der Waals surface area contributed by atoms with Crippen LogP contribution in [0, 0.1) is 0 Å². The molecule has 1 aliphatic carbocycles. The van der Waals surface area contributed by atoms with E-state index >= 15 is 0 Å². The van der Waals surface area contributed by atoms with Gasteiger partial charge in [0.2, 0.25) is 5.91 Å². The van der Waals surface area contributed by atoms with E-state index in [9.17, 15) is 18.4 Å². The monoisotopic (exact) mass is 523 g/mol. The quantitative estimate of drug-likeness (QED) is 0.558. The number of nitrogens with zero attached hydrogens (tertiary/aromatic N) is 2. The molecule has 0 bridgehead atoms. The number of amides is 2. The third-order valence-electron chi connectivity index (χ3n) is 7.20. The van der Waals surface area contributed by atoms with Crippen LogP contribution in [-0.2, 0) is 20.7 Å². The number of ether oxygens (including phenoxy) is 3. The number of halogens is 2. The number of hydrogen-bond donors (Lipinski definition) is 1. The lowest BCUT2D eigenvalue weighted by Crippen LogP contribution is -2.62. The minimum absolute atomic E-state index is 0.110. The summed E-state index contributed by atoms with van der Waals surface area (Å²) in [6.07, 6.45) is 5.80. The van der Waals surface area contributed by atoms with Gasteiger partial charge in [0.1, 0.15) is 5.75 Å². The highest BCUT2D eigenvalue weighted by molar-refractivity contribution is 5.83. The number of nitrogens with two attached hydrogens (primary N) is 1. The molecule has 0 aromatic heterocycles. The summed E-state index contributed by atoms with van der Waals surface area (Å²) in [6, 6.07) is 6.63. The van der Waals surface area contributed by atoms with Gasteiger partial charge in [-0.1, -0.05) is 12.1 Å². The zero-order valence-electron chi connectivity index (χ0n) is 21.7. The SMILES string of the molecule is CC(C)OC(=O)N1CCC(OC2CCC(Oc3ccc(C[C@H](N)C(=O)N4CC(F)(F)C4)cc3)CC2)CC1. The van der Waals surface area contributed by atoms with E-state index in [2.05, 4.69) is 0 Å². The van der Waals surface area contributed by atoms with Gasteiger partial charge in [0.25, 0.3) is 5.92 Å². The second-order valence-corrected chi connectivity index (χ2v) is 10.8. The number of piperidine rings is 1. The van der Waals surface area contributed by atoms with Gasteiger partial charge in [-0.05, 0) is 76.5 Å². The Morgan fingerprint density at radius 1 is 0.946 bits per heavy atom. The van der Waals surface area contributed by atoms with Gasteiger partial charge in [0.15, 0.2) is 0 Å². The molecule has 0 spiro atoms. The van der Waals surface area contributed by atoms with Crippen LogP contribution in [0.25, 0.3) is 0 Å². The summed E-state index contributed by atoms with van der Waals surface area (Å²) in [7, 11) is 0. The van der Waals surface area contributed by atoms with Crippen molar-refractivity contribution < 1.29 is 32.6 Å². The standard InChI is InChI=1S/C27H39F2N3O5/c1-18(2)35-26(34)31-13-11-23(12-14-31)37-22-9-7-21(8-10-22)36-20-5-3-19(4-6-20)15-24(30)25(33)32-16-27(28,29)17-32/h3-6,18,21-24H,7-17,30H2,1-2H3/t21?,22?,24-/m0/s1. The molecule has 8 nitrogen and oxygen atoms in total. The second-order valence-electron chi connectivity index (χ2n) is 10.8. The first kappa shape index (κ1) is 27.6. The highest BCUT2D eigenvalue weighted by Gasteiger charge is 2.47. The molecule has 1 saturated carbocycles. The van der Waals surface area contributed by atoms with Crippen molar-refractivity contribution in [3.63, 3.8) is 0 Å².